The van der Waals surface area contributed by atoms with Crippen LogP contribution in [0.3, 0.4) is 0 Å². The van der Waals surface area contributed by atoms with Crippen LogP contribution in [0.15, 0.2) is 18.2 Å². The van der Waals surface area contributed by atoms with Gasteiger partial charge in [-0.25, -0.2) is 0 Å². The fourth-order valence-electron chi connectivity index (χ4n) is 3.50. The van der Waals surface area contributed by atoms with E-state index in [1.54, 1.807) is 0 Å². The zero-order valence-corrected chi connectivity index (χ0v) is 12.0. The summed E-state index contributed by atoms with van der Waals surface area (Å²) in [6.45, 7) is 3.89. The Balaban J connectivity index is 1.80. The lowest BCUT2D eigenvalue weighted by Gasteiger charge is -2.22. The van der Waals surface area contributed by atoms with Gasteiger partial charge in [-0.3, -0.25) is 0 Å². The highest BCUT2D eigenvalue weighted by Gasteiger charge is 2.42. The van der Waals surface area contributed by atoms with Crippen LogP contribution in [0.25, 0.3) is 0 Å². The van der Waals surface area contributed by atoms with Crippen LogP contribution < -0.4 is 10.6 Å². The summed E-state index contributed by atoms with van der Waals surface area (Å²) < 4.78 is 0. The standard InChI is InChI=1S/C15H21ClN2O/c1-9(17)10-2-4-14(13(16)6-10)18-7-11-3-5-15(19)12(11)8-18/h2,4,6,9,11-12,15,19H,3,5,7-8,17H2,1H3/t9-,11?,12?,15?/m1/s1. The number of hydrogen-bond donors (Lipinski definition) is 2. The molecule has 4 heteroatoms. The molecule has 0 amide bonds. The number of nitrogens with zero attached hydrogens (tertiary/aromatic N) is 1. The highest BCUT2D eigenvalue weighted by atomic mass is 35.5. The summed E-state index contributed by atoms with van der Waals surface area (Å²) in [5.41, 5.74) is 8.01. The quantitative estimate of drug-likeness (QED) is 0.875. The zero-order chi connectivity index (χ0) is 13.6. The molecule has 1 aromatic rings. The number of aliphatic hydroxyl groups excluding tert-OH is 1. The highest BCUT2D eigenvalue weighted by Crippen LogP contribution is 2.41. The molecule has 3 N–H and O–H groups in total. The molecule has 1 aromatic carbocycles. The van der Waals surface area contributed by atoms with E-state index in [1.807, 2.05) is 13.0 Å². The Morgan fingerprint density at radius 1 is 1.37 bits per heavy atom. The van der Waals surface area contributed by atoms with Crippen molar-refractivity contribution in [3.63, 3.8) is 0 Å². The second-order valence-electron chi connectivity index (χ2n) is 5.97. The third kappa shape index (κ3) is 2.35. The first-order chi connectivity index (χ1) is 9.06. The van der Waals surface area contributed by atoms with Gasteiger partial charge in [0.05, 0.1) is 16.8 Å². The van der Waals surface area contributed by atoms with Crippen molar-refractivity contribution in [2.24, 2.45) is 17.6 Å². The van der Waals surface area contributed by atoms with E-state index in [9.17, 15) is 5.11 Å². The van der Waals surface area contributed by atoms with Crippen LogP contribution in [0.1, 0.15) is 31.4 Å². The number of hydrogen-bond acceptors (Lipinski definition) is 3. The molecule has 1 aliphatic carbocycles. The fourth-order valence-corrected chi connectivity index (χ4v) is 3.80. The number of anilines is 1. The molecule has 2 aliphatic rings. The number of benzene rings is 1. The van der Waals surface area contributed by atoms with Gasteiger partial charge in [-0.2, -0.15) is 0 Å². The molecule has 0 bridgehead atoms. The average molecular weight is 281 g/mol. The van der Waals surface area contributed by atoms with E-state index in [0.717, 1.165) is 42.2 Å². The molecule has 0 radical (unpaired) electrons. The van der Waals surface area contributed by atoms with Gasteiger partial charge in [0.25, 0.3) is 0 Å². The Morgan fingerprint density at radius 2 is 2.16 bits per heavy atom. The summed E-state index contributed by atoms with van der Waals surface area (Å²) in [6.07, 6.45) is 1.97. The smallest absolute Gasteiger partial charge is 0.0642 e. The first kappa shape index (κ1) is 13.2. The summed E-state index contributed by atoms with van der Waals surface area (Å²) in [5, 5.41) is 10.7. The van der Waals surface area contributed by atoms with Crippen molar-refractivity contribution < 1.29 is 5.11 Å². The first-order valence-electron chi connectivity index (χ1n) is 7.04. The van der Waals surface area contributed by atoms with Gasteiger partial charge in [-0.15, -0.1) is 0 Å². The van der Waals surface area contributed by atoms with E-state index in [1.165, 1.54) is 0 Å². The van der Waals surface area contributed by atoms with Crippen LogP contribution in [0, 0.1) is 11.8 Å². The van der Waals surface area contributed by atoms with Crippen molar-refractivity contribution in [1.82, 2.24) is 0 Å². The van der Waals surface area contributed by atoms with Gasteiger partial charge >= 0.3 is 0 Å². The molecule has 4 atom stereocenters. The molecular formula is C15H21ClN2O. The minimum Gasteiger partial charge on any atom is -0.393 e. The number of halogens is 1. The number of rotatable bonds is 2. The molecule has 1 saturated heterocycles. The Hall–Kier alpha value is -0.770. The predicted octanol–water partition coefficient (Wildman–Crippen LogP) is 2.57. The van der Waals surface area contributed by atoms with Crippen molar-refractivity contribution in [3.8, 4) is 0 Å². The molecule has 3 rings (SSSR count). The molecule has 1 aliphatic heterocycles. The number of fused-ring (bicyclic) bond motifs is 1. The SMILES string of the molecule is C[C@@H](N)c1ccc(N2CC3CCC(O)C3C2)c(Cl)c1. The van der Waals surface area contributed by atoms with Gasteiger partial charge in [0.1, 0.15) is 0 Å². The molecule has 0 spiro atoms. The summed E-state index contributed by atoms with van der Waals surface area (Å²) in [6, 6.07) is 6.09. The molecule has 2 fully saturated rings. The maximum atomic E-state index is 9.97. The number of nitrogens with two attached hydrogens (primary N) is 1. The lowest BCUT2D eigenvalue weighted by molar-refractivity contribution is 0.133. The third-order valence-electron chi connectivity index (χ3n) is 4.66. The summed E-state index contributed by atoms with van der Waals surface area (Å²) in [4.78, 5) is 2.31. The molecule has 3 unspecified atom stereocenters. The van der Waals surface area contributed by atoms with Crippen LogP contribution in [0.4, 0.5) is 5.69 Å². The summed E-state index contributed by atoms with van der Waals surface area (Å²) in [7, 11) is 0. The van der Waals surface area contributed by atoms with Gasteiger partial charge < -0.3 is 15.7 Å². The third-order valence-corrected chi connectivity index (χ3v) is 4.96. The minimum absolute atomic E-state index is 0.00586. The van der Waals surface area contributed by atoms with Crippen molar-refractivity contribution in [2.75, 3.05) is 18.0 Å². The van der Waals surface area contributed by atoms with Crippen molar-refractivity contribution in [3.05, 3.63) is 28.8 Å². The number of aliphatic hydroxyl groups is 1. The van der Waals surface area contributed by atoms with Crippen molar-refractivity contribution in [2.45, 2.75) is 31.9 Å². The first-order valence-corrected chi connectivity index (χ1v) is 7.42. The van der Waals surface area contributed by atoms with Gasteiger partial charge in [0.15, 0.2) is 0 Å². The Labute approximate surface area is 119 Å². The average Bonchev–Trinajstić information content (AvgIpc) is 2.92. The molecule has 0 aromatic heterocycles. The Morgan fingerprint density at radius 3 is 2.79 bits per heavy atom. The van der Waals surface area contributed by atoms with E-state index in [0.29, 0.717) is 11.8 Å². The molecule has 104 valence electrons. The molecular weight excluding hydrogens is 260 g/mol. The fraction of sp³-hybridized carbons (Fsp3) is 0.600. The molecule has 3 nitrogen and oxygen atoms in total. The normalized spacial score (nSPS) is 31.6. The lowest BCUT2D eigenvalue weighted by Crippen LogP contribution is -2.24. The predicted molar refractivity (Wildman–Crippen MR) is 78.5 cm³/mol. The van der Waals surface area contributed by atoms with Gasteiger partial charge in [0.2, 0.25) is 0 Å². The Bertz CT molecular complexity index is 477. The van der Waals surface area contributed by atoms with E-state index in [2.05, 4.69) is 17.0 Å². The highest BCUT2D eigenvalue weighted by molar-refractivity contribution is 6.33. The van der Waals surface area contributed by atoms with Crippen LogP contribution in [0.2, 0.25) is 5.02 Å². The van der Waals surface area contributed by atoms with E-state index < -0.39 is 0 Å². The van der Waals surface area contributed by atoms with Gasteiger partial charge in [-0.05, 0) is 43.4 Å². The molecule has 1 heterocycles. The van der Waals surface area contributed by atoms with Crippen molar-refractivity contribution in [1.29, 1.82) is 0 Å². The molecule has 19 heavy (non-hydrogen) atoms. The minimum atomic E-state index is -0.128. The van der Waals surface area contributed by atoms with E-state index in [4.69, 9.17) is 17.3 Å². The van der Waals surface area contributed by atoms with Crippen molar-refractivity contribution >= 4 is 17.3 Å². The lowest BCUT2D eigenvalue weighted by atomic mass is 10.00. The van der Waals surface area contributed by atoms with Crippen LogP contribution in [-0.4, -0.2) is 24.3 Å². The Kier molecular flexibility index (Phi) is 3.46. The largest absolute Gasteiger partial charge is 0.393 e. The monoisotopic (exact) mass is 280 g/mol. The maximum Gasteiger partial charge on any atom is 0.0642 e. The topological polar surface area (TPSA) is 49.5 Å². The second-order valence-corrected chi connectivity index (χ2v) is 6.38. The van der Waals surface area contributed by atoms with Crippen LogP contribution in [-0.2, 0) is 0 Å². The zero-order valence-electron chi connectivity index (χ0n) is 11.2. The maximum absolute atomic E-state index is 9.97. The van der Waals surface area contributed by atoms with Crippen LogP contribution >= 0.6 is 11.6 Å². The van der Waals surface area contributed by atoms with E-state index >= 15 is 0 Å². The summed E-state index contributed by atoms with van der Waals surface area (Å²) in [5.74, 6) is 1.04. The van der Waals surface area contributed by atoms with Crippen LogP contribution in [0.5, 0.6) is 0 Å². The summed E-state index contributed by atoms with van der Waals surface area (Å²) >= 11 is 6.39. The van der Waals surface area contributed by atoms with Gasteiger partial charge in [-0.1, -0.05) is 17.7 Å². The second kappa shape index (κ2) is 4.97. The van der Waals surface area contributed by atoms with Gasteiger partial charge in [0, 0.05) is 25.0 Å². The van der Waals surface area contributed by atoms with E-state index in [-0.39, 0.29) is 12.1 Å². The molecule has 1 saturated carbocycles.